The van der Waals surface area contributed by atoms with Gasteiger partial charge in [-0.1, -0.05) is 31.0 Å². The van der Waals surface area contributed by atoms with Crippen LogP contribution in [-0.4, -0.2) is 34.6 Å². The number of carbonyl (C=O) groups excluding carboxylic acids is 1. The van der Waals surface area contributed by atoms with Gasteiger partial charge in [-0.2, -0.15) is 0 Å². The van der Waals surface area contributed by atoms with Crippen molar-refractivity contribution in [3.8, 4) is 5.75 Å². The normalized spacial score (nSPS) is 10.9. The molecule has 140 valence electrons. The summed E-state index contributed by atoms with van der Waals surface area (Å²) >= 11 is 0. The molecule has 0 unspecified atom stereocenters. The van der Waals surface area contributed by atoms with Crippen LogP contribution in [0.3, 0.4) is 0 Å². The molecule has 0 aliphatic rings. The molecule has 0 aliphatic heterocycles. The topological polar surface area (TPSA) is 71.7 Å². The van der Waals surface area contributed by atoms with Gasteiger partial charge >= 0.3 is 7.12 Å². The molecule has 0 saturated heterocycles. The predicted molar refractivity (Wildman–Crippen MR) is 107 cm³/mol. The minimum Gasteiger partial charge on any atom is -0.497 e. The van der Waals surface area contributed by atoms with Crippen molar-refractivity contribution in [2.24, 2.45) is 0 Å². The number of methoxy groups -OCH3 is 1. The van der Waals surface area contributed by atoms with Gasteiger partial charge in [0.2, 0.25) is 0 Å². The molecule has 0 fully saturated rings. The SMILES string of the molecule is COc1ccc(C(=O)c2cn(CCCCCB(O)O)c3ccccc23)cc1. The Morgan fingerprint density at radius 3 is 2.48 bits per heavy atom. The van der Waals surface area contributed by atoms with Gasteiger partial charge in [-0.05, 0) is 43.1 Å². The maximum Gasteiger partial charge on any atom is 0.451 e. The first-order chi connectivity index (χ1) is 13.1. The van der Waals surface area contributed by atoms with E-state index in [-0.39, 0.29) is 5.78 Å². The summed E-state index contributed by atoms with van der Waals surface area (Å²) in [7, 11) is 0.372. The molecular weight excluding hydrogens is 341 g/mol. The minimum atomic E-state index is -1.23. The second kappa shape index (κ2) is 8.89. The standard InChI is InChI=1S/C21H24BNO4/c1-27-17-11-9-16(10-12-17)21(24)19-15-23(14-6-2-5-13-22(25)26)20-8-4-3-7-18(19)20/h3-4,7-12,15,25-26H,2,5-6,13-14H2,1H3. The van der Waals surface area contributed by atoms with E-state index in [0.717, 1.165) is 42.5 Å². The zero-order valence-corrected chi connectivity index (χ0v) is 15.5. The Morgan fingerprint density at radius 1 is 1.04 bits per heavy atom. The molecule has 27 heavy (non-hydrogen) atoms. The Kier molecular flexibility index (Phi) is 6.32. The molecule has 0 atom stereocenters. The summed E-state index contributed by atoms with van der Waals surface area (Å²) in [5.74, 6) is 0.720. The third-order valence-corrected chi connectivity index (χ3v) is 4.75. The molecule has 2 N–H and O–H groups in total. The molecule has 3 rings (SSSR count). The third kappa shape index (κ3) is 4.59. The van der Waals surface area contributed by atoms with E-state index in [4.69, 9.17) is 14.8 Å². The summed E-state index contributed by atoms with van der Waals surface area (Å²) in [5.41, 5.74) is 2.37. The number of aromatic nitrogens is 1. The van der Waals surface area contributed by atoms with Crippen LogP contribution < -0.4 is 4.74 Å². The van der Waals surface area contributed by atoms with E-state index >= 15 is 0 Å². The first-order valence-corrected chi connectivity index (χ1v) is 9.23. The molecule has 2 aromatic carbocycles. The molecule has 6 heteroatoms. The quantitative estimate of drug-likeness (QED) is 0.346. The van der Waals surface area contributed by atoms with Gasteiger partial charge < -0.3 is 19.4 Å². The highest BCUT2D eigenvalue weighted by Gasteiger charge is 2.16. The van der Waals surface area contributed by atoms with Gasteiger partial charge in [0.05, 0.1) is 7.11 Å². The van der Waals surface area contributed by atoms with Crippen molar-refractivity contribution >= 4 is 23.8 Å². The summed E-state index contributed by atoms with van der Waals surface area (Å²) in [4.78, 5) is 13.0. The first-order valence-electron chi connectivity index (χ1n) is 9.23. The molecule has 0 spiro atoms. The van der Waals surface area contributed by atoms with Crippen molar-refractivity contribution in [2.45, 2.75) is 32.1 Å². The molecule has 0 aliphatic carbocycles. The predicted octanol–water partition coefficient (Wildman–Crippen LogP) is 3.52. The molecule has 1 heterocycles. The summed E-state index contributed by atoms with van der Waals surface area (Å²) < 4.78 is 7.27. The van der Waals surface area contributed by atoms with Gasteiger partial charge in [0.1, 0.15) is 5.75 Å². The smallest absolute Gasteiger partial charge is 0.451 e. The number of benzene rings is 2. The zero-order chi connectivity index (χ0) is 19.2. The van der Waals surface area contributed by atoms with E-state index in [9.17, 15) is 4.79 Å². The number of ether oxygens (including phenoxy) is 1. The van der Waals surface area contributed by atoms with Crippen LogP contribution in [0.15, 0.2) is 54.7 Å². The molecule has 0 radical (unpaired) electrons. The van der Waals surface area contributed by atoms with Crippen LogP contribution in [0.2, 0.25) is 6.32 Å². The largest absolute Gasteiger partial charge is 0.497 e. The van der Waals surface area contributed by atoms with E-state index in [0.29, 0.717) is 17.4 Å². The average molecular weight is 365 g/mol. The average Bonchev–Trinajstić information content (AvgIpc) is 3.06. The minimum absolute atomic E-state index is 0.00370. The van der Waals surface area contributed by atoms with Crippen molar-refractivity contribution in [1.82, 2.24) is 4.57 Å². The van der Waals surface area contributed by atoms with E-state index in [1.54, 1.807) is 31.4 Å². The number of hydrogen-bond acceptors (Lipinski definition) is 4. The summed E-state index contributed by atoms with van der Waals surface area (Å²) in [5, 5.41) is 18.8. The van der Waals surface area contributed by atoms with Crippen molar-refractivity contribution in [3.63, 3.8) is 0 Å². The molecule has 1 aromatic heterocycles. The number of unbranched alkanes of at least 4 members (excludes halogenated alkanes) is 2. The number of fused-ring (bicyclic) bond motifs is 1. The van der Waals surface area contributed by atoms with Crippen LogP contribution in [0.25, 0.3) is 10.9 Å². The highest BCUT2D eigenvalue weighted by molar-refractivity contribution is 6.40. The number of ketones is 1. The number of rotatable bonds is 9. The Labute approximate surface area is 159 Å². The third-order valence-electron chi connectivity index (χ3n) is 4.75. The lowest BCUT2D eigenvalue weighted by Crippen LogP contribution is -2.09. The van der Waals surface area contributed by atoms with Crippen LogP contribution in [0.4, 0.5) is 0 Å². The highest BCUT2D eigenvalue weighted by Crippen LogP contribution is 2.25. The molecule has 5 nitrogen and oxygen atoms in total. The summed E-state index contributed by atoms with van der Waals surface area (Å²) in [6.07, 6.45) is 4.92. The number of nitrogens with zero attached hydrogens (tertiary/aromatic N) is 1. The Hall–Kier alpha value is -2.57. The second-order valence-corrected chi connectivity index (χ2v) is 6.64. The Balaban J connectivity index is 1.80. The monoisotopic (exact) mass is 365 g/mol. The van der Waals surface area contributed by atoms with Gasteiger partial charge in [-0.3, -0.25) is 4.79 Å². The van der Waals surface area contributed by atoms with Crippen LogP contribution >= 0.6 is 0 Å². The van der Waals surface area contributed by atoms with E-state index < -0.39 is 7.12 Å². The summed E-state index contributed by atoms with van der Waals surface area (Å²) in [6.45, 7) is 0.790. The fourth-order valence-electron chi connectivity index (χ4n) is 3.30. The number of aryl methyl sites for hydroxylation is 1. The van der Waals surface area contributed by atoms with Crippen molar-refractivity contribution in [3.05, 3.63) is 65.9 Å². The molecule has 0 bridgehead atoms. The van der Waals surface area contributed by atoms with Gasteiger partial charge in [0, 0.05) is 34.8 Å². The summed E-state index contributed by atoms with van der Waals surface area (Å²) in [6, 6.07) is 15.1. The van der Waals surface area contributed by atoms with Crippen LogP contribution in [-0.2, 0) is 6.54 Å². The molecule has 3 aromatic rings. The van der Waals surface area contributed by atoms with Crippen LogP contribution in [0, 0.1) is 0 Å². The zero-order valence-electron chi connectivity index (χ0n) is 15.5. The van der Waals surface area contributed by atoms with Crippen LogP contribution in [0.1, 0.15) is 35.2 Å². The highest BCUT2D eigenvalue weighted by atomic mass is 16.5. The Morgan fingerprint density at radius 2 is 1.78 bits per heavy atom. The lowest BCUT2D eigenvalue weighted by atomic mass is 9.83. The maximum atomic E-state index is 13.0. The molecule has 0 amide bonds. The van der Waals surface area contributed by atoms with Crippen molar-refractivity contribution in [1.29, 1.82) is 0 Å². The van der Waals surface area contributed by atoms with E-state index in [1.807, 2.05) is 30.5 Å². The molecular formula is C21H24BNO4. The van der Waals surface area contributed by atoms with E-state index in [1.165, 1.54) is 0 Å². The fraction of sp³-hybridized carbons (Fsp3) is 0.286. The lowest BCUT2D eigenvalue weighted by Gasteiger charge is -2.05. The van der Waals surface area contributed by atoms with Crippen molar-refractivity contribution < 1.29 is 19.6 Å². The lowest BCUT2D eigenvalue weighted by molar-refractivity contribution is 0.104. The van der Waals surface area contributed by atoms with Gasteiger partial charge in [-0.25, -0.2) is 0 Å². The van der Waals surface area contributed by atoms with Gasteiger partial charge in [0.15, 0.2) is 5.78 Å². The van der Waals surface area contributed by atoms with Crippen molar-refractivity contribution in [2.75, 3.05) is 7.11 Å². The van der Waals surface area contributed by atoms with E-state index in [2.05, 4.69) is 4.57 Å². The molecule has 0 saturated carbocycles. The van der Waals surface area contributed by atoms with Gasteiger partial charge in [-0.15, -0.1) is 0 Å². The number of hydrogen-bond donors (Lipinski definition) is 2. The maximum absolute atomic E-state index is 13.0. The fourth-order valence-corrected chi connectivity index (χ4v) is 3.30. The second-order valence-electron chi connectivity index (χ2n) is 6.64. The van der Waals surface area contributed by atoms with Crippen LogP contribution in [0.5, 0.6) is 5.75 Å². The Bertz CT molecular complexity index is 902. The number of para-hydroxylation sites is 1. The van der Waals surface area contributed by atoms with Gasteiger partial charge in [0.25, 0.3) is 0 Å². The first kappa shape index (κ1) is 19.2. The number of carbonyl (C=O) groups is 1.